The van der Waals surface area contributed by atoms with Crippen LogP contribution in [0.1, 0.15) is 0 Å². The third-order valence-electron chi connectivity index (χ3n) is 5.66. The number of hydrogen-bond acceptors (Lipinski definition) is 3. The van der Waals surface area contributed by atoms with Crippen molar-refractivity contribution in [3.8, 4) is 55.5 Å². The zero-order chi connectivity index (χ0) is 22.0. The first-order chi connectivity index (χ1) is 16.3. The Morgan fingerprint density at radius 2 is 1.00 bits per heavy atom. The second-order valence-corrected chi connectivity index (χ2v) is 8.79. The van der Waals surface area contributed by atoms with Crippen LogP contribution in [0, 0.1) is 0 Å². The minimum Gasteiger partial charge on any atom is -0.277 e. The fraction of sp³-hybridized carbons (Fsp3) is 0. The minimum atomic E-state index is 0.932. The van der Waals surface area contributed by atoms with Crippen LogP contribution in [0.4, 0.5) is 0 Å². The van der Waals surface area contributed by atoms with E-state index in [1.165, 1.54) is 10.4 Å². The molecule has 33 heavy (non-hydrogen) atoms. The fourth-order valence-corrected chi connectivity index (χ4v) is 4.69. The summed E-state index contributed by atoms with van der Waals surface area (Å²) in [6, 6.07) is 35.5. The molecule has 0 radical (unpaired) electrons. The SMILES string of the molecule is c1ccc(-c2cc(-c3cc(-c4cc(-c5ccccc5)n[nH]4)cc(-c4cccs4)c3)[nH]n2)cc1. The molecule has 0 amide bonds. The Bertz CT molecular complexity index is 1400. The Hall–Kier alpha value is -4.22. The number of hydrogen-bond donors (Lipinski definition) is 2. The molecular formula is C28H20N4S. The lowest BCUT2D eigenvalue weighted by Gasteiger charge is -2.07. The second kappa shape index (κ2) is 8.37. The Morgan fingerprint density at radius 1 is 0.485 bits per heavy atom. The maximum Gasteiger partial charge on any atom is 0.0927 e. The van der Waals surface area contributed by atoms with E-state index in [-0.39, 0.29) is 0 Å². The molecule has 0 fully saturated rings. The number of H-pyrrole nitrogens is 2. The van der Waals surface area contributed by atoms with E-state index >= 15 is 0 Å². The fourth-order valence-electron chi connectivity index (χ4n) is 3.98. The third kappa shape index (κ3) is 3.90. The summed E-state index contributed by atoms with van der Waals surface area (Å²) in [5.41, 5.74) is 9.36. The molecule has 0 spiro atoms. The minimum absolute atomic E-state index is 0.932. The smallest absolute Gasteiger partial charge is 0.0927 e. The highest BCUT2D eigenvalue weighted by Gasteiger charge is 2.13. The highest BCUT2D eigenvalue weighted by Crippen LogP contribution is 2.35. The van der Waals surface area contributed by atoms with Gasteiger partial charge in [-0.25, -0.2) is 0 Å². The summed E-state index contributed by atoms with van der Waals surface area (Å²) in [6.45, 7) is 0. The predicted octanol–water partition coefficient (Wildman–Crippen LogP) is 7.53. The van der Waals surface area contributed by atoms with Crippen molar-refractivity contribution in [2.24, 2.45) is 0 Å². The van der Waals surface area contributed by atoms with Crippen LogP contribution < -0.4 is 0 Å². The zero-order valence-electron chi connectivity index (χ0n) is 17.7. The van der Waals surface area contributed by atoms with Crippen LogP contribution in [0.25, 0.3) is 55.5 Å². The molecule has 0 unspecified atom stereocenters. The molecule has 0 saturated carbocycles. The summed E-state index contributed by atoms with van der Waals surface area (Å²) >= 11 is 1.74. The Balaban J connectivity index is 1.44. The van der Waals surface area contributed by atoms with Gasteiger partial charge in [0.25, 0.3) is 0 Å². The lowest BCUT2D eigenvalue weighted by Crippen LogP contribution is -1.85. The van der Waals surface area contributed by atoms with Crippen LogP contribution in [0.15, 0.2) is 109 Å². The van der Waals surface area contributed by atoms with Crippen LogP contribution >= 0.6 is 11.3 Å². The molecule has 3 aromatic heterocycles. The summed E-state index contributed by atoms with van der Waals surface area (Å²) in [7, 11) is 0. The molecule has 158 valence electrons. The lowest BCUT2D eigenvalue weighted by molar-refractivity contribution is 1.10. The van der Waals surface area contributed by atoms with Gasteiger partial charge in [0, 0.05) is 27.1 Å². The summed E-state index contributed by atoms with van der Waals surface area (Å²) in [5.74, 6) is 0. The van der Waals surface area contributed by atoms with Crippen molar-refractivity contribution >= 4 is 11.3 Å². The number of nitrogens with one attached hydrogen (secondary N) is 2. The van der Waals surface area contributed by atoms with E-state index in [1.54, 1.807) is 11.3 Å². The summed E-state index contributed by atoms with van der Waals surface area (Å²) in [4.78, 5) is 1.23. The van der Waals surface area contributed by atoms with Gasteiger partial charge in [0.05, 0.1) is 22.8 Å². The molecule has 3 aromatic carbocycles. The van der Waals surface area contributed by atoms with Crippen molar-refractivity contribution in [2.45, 2.75) is 0 Å². The topological polar surface area (TPSA) is 57.4 Å². The molecule has 0 aliphatic rings. The van der Waals surface area contributed by atoms with Gasteiger partial charge in [-0.2, -0.15) is 10.2 Å². The zero-order valence-corrected chi connectivity index (χ0v) is 18.5. The summed E-state index contributed by atoms with van der Waals surface area (Å²) < 4.78 is 0. The van der Waals surface area contributed by atoms with E-state index in [1.807, 2.05) is 36.4 Å². The molecule has 0 aliphatic heterocycles. The van der Waals surface area contributed by atoms with Crippen LogP contribution in [0.3, 0.4) is 0 Å². The van der Waals surface area contributed by atoms with Gasteiger partial charge in [-0.05, 0) is 47.3 Å². The van der Waals surface area contributed by atoms with Crippen molar-refractivity contribution < 1.29 is 0 Å². The van der Waals surface area contributed by atoms with Gasteiger partial charge in [0.1, 0.15) is 0 Å². The number of benzene rings is 3. The van der Waals surface area contributed by atoms with Gasteiger partial charge in [-0.1, -0.05) is 66.7 Å². The number of nitrogens with zero attached hydrogens (tertiary/aromatic N) is 2. The highest BCUT2D eigenvalue weighted by molar-refractivity contribution is 7.13. The van der Waals surface area contributed by atoms with Gasteiger partial charge < -0.3 is 0 Å². The molecule has 3 heterocycles. The summed E-state index contributed by atoms with van der Waals surface area (Å²) in [6.07, 6.45) is 0. The van der Waals surface area contributed by atoms with Gasteiger partial charge in [-0.15, -0.1) is 11.3 Å². The van der Waals surface area contributed by atoms with Crippen molar-refractivity contribution in [1.29, 1.82) is 0 Å². The molecule has 5 heteroatoms. The molecule has 6 rings (SSSR count). The standard InChI is InChI=1S/C28H20N4S/c1-3-8-19(9-4-1)24-17-26(31-29-24)21-14-22(16-23(15-21)28-12-7-13-33-28)27-18-25(30-32-27)20-10-5-2-6-11-20/h1-18H,(H,29,31)(H,30,32). The lowest BCUT2D eigenvalue weighted by atomic mass is 9.99. The van der Waals surface area contributed by atoms with Gasteiger partial charge in [0.2, 0.25) is 0 Å². The predicted molar refractivity (Wildman–Crippen MR) is 136 cm³/mol. The maximum atomic E-state index is 4.56. The number of aromatic nitrogens is 4. The second-order valence-electron chi connectivity index (χ2n) is 7.84. The quantitative estimate of drug-likeness (QED) is 0.289. The van der Waals surface area contributed by atoms with Crippen LogP contribution in [0.2, 0.25) is 0 Å². The van der Waals surface area contributed by atoms with Crippen LogP contribution in [-0.2, 0) is 0 Å². The monoisotopic (exact) mass is 444 g/mol. The molecule has 6 aromatic rings. The van der Waals surface area contributed by atoms with E-state index in [0.717, 1.165) is 45.0 Å². The van der Waals surface area contributed by atoms with Gasteiger partial charge >= 0.3 is 0 Å². The Labute approximate surface area is 195 Å². The third-order valence-corrected chi connectivity index (χ3v) is 6.57. The molecule has 0 atom stereocenters. The summed E-state index contributed by atoms with van der Waals surface area (Å²) in [5, 5.41) is 17.7. The first-order valence-corrected chi connectivity index (χ1v) is 11.6. The molecule has 0 bridgehead atoms. The molecule has 2 N–H and O–H groups in total. The van der Waals surface area contributed by atoms with E-state index in [0.29, 0.717) is 0 Å². The first kappa shape index (κ1) is 19.5. The molecule has 0 aliphatic carbocycles. The molecule has 0 saturated heterocycles. The highest BCUT2D eigenvalue weighted by atomic mass is 32.1. The Morgan fingerprint density at radius 3 is 1.48 bits per heavy atom. The normalized spacial score (nSPS) is 11.0. The van der Waals surface area contributed by atoms with E-state index in [9.17, 15) is 0 Å². The average Bonchev–Trinajstić information content (AvgIpc) is 3.67. The number of thiophene rings is 1. The average molecular weight is 445 g/mol. The van der Waals surface area contributed by atoms with Crippen LogP contribution in [-0.4, -0.2) is 20.4 Å². The number of rotatable bonds is 5. The number of aromatic amines is 2. The molecule has 4 nitrogen and oxygen atoms in total. The van der Waals surface area contributed by atoms with Crippen molar-refractivity contribution in [3.05, 3.63) is 109 Å². The first-order valence-electron chi connectivity index (χ1n) is 10.7. The van der Waals surface area contributed by atoms with Crippen molar-refractivity contribution in [3.63, 3.8) is 0 Å². The van der Waals surface area contributed by atoms with E-state index in [2.05, 4.69) is 92.5 Å². The van der Waals surface area contributed by atoms with Gasteiger partial charge in [0.15, 0.2) is 0 Å². The van der Waals surface area contributed by atoms with Crippen molar-refractivity contribution in [2.75, 3.05) is 0 Å². The van der Waals surface area contributed by atoms with Gasteiger partial charge in [-0.3, -0.25) is 10.2 Å². The maximum absolute atomic E-state index is 4.56. The van der Waals surface area contributed by atoms with Crippen LogP contribution in [0.5, 0.6) is 0 Å². The van der Waals surface area contributed by atoms with E-state index < -0.39 is 0 Å². The Kier molecular flexibility index (Phi) is 4.94. The van der Waals surface area contributed by atoms with E-state index in [4.69, 9.17) is 0 Å². The van der Waals surface area contributed by atoms with Crippen molar-refractivity contribution in [1.82, 2.24) is 20.4 Å². The largest absolute Gasteiger partial charge is 0.277 e. The molecular weight excluding hydrogens is 424 g/mol.